The SMILES string of the molecule is Cc1ccc(N(c2ccc(-c3ccccc3C)c(C)c2)c2ccc3c(c2)C2(c4cc(N(C5=CC(C)C(C)C=C5)c5ccc(-c6ccccc6C)c(C)c5)ccc4C=C3)c3ccccc3-c3ccccc32)cc1C. The third-order valence-corrected chi connectivity index (χ3v) is 16.4. The van der Waals surface area contributed by atoms with Gasteiger partial charge in [-0.2, -0.15) is 0 Å². The number of fused-ring (bicyclic) bond motifs is 9. The molecule has 2 atom stereocenters. The van der Waals surface area contributed by atoms with Crippen LogP contribution in [0.25, 0.3) is 45.5 Å². The molecule has 3 aliphatic rings. The Balaban J connectivity index is 1.10. The van der Waals surface area contributed by atoms with E-state index in [0.29, 0.717) is 11.8 Å². The highest BCUT2D eigenvalue weighted by molar-refractivity contribution is 5.94. The molecule has 0 saturated heterocycles. The van der Waals surface area contributed by atoms with Crippen LogP contribution in [0.2, 0.25) is 0 Å². The van der Waals surface area contributed by atoms with Gasteiger partial charge in [-0.25, -0.2) is 0 Å². The normalized spacial score (nSPS) is 15.8. The molecule has 0 amide bonds. The first-order valence-electron chi connectivity index (χ1n) is 26.1. The van der Waals surface area contributed by atoms with Crippen LogP contribution in [0.5, 0.6) is 0 Å². The molecule has 0 fully saturated rings. The number of hydrogen-bond acceptors (Lipinski definition) is 2. The highest BCUT2D eigenvalue weighted by Gasteiger charge is 2.49. The average Bonchev–Trinajstić information content (AvgIpc) is 3.63. The summed E-state index contributed by atoms with van der Waals surface area (Å²) in [4.78, 5) is 4.98. The van der Waals surface area contributed by atoms with Crippen LogP contribution in [0.4, 0.5) is 28.4 Å². The largest absolute Gasteiger partial charge is 0.311 e. The molecule has 3 aliphatic carbocycles. The summed E-state index contributed by atoms with van der Waals surface area (Å²) >= 11 is 0. The fourth-order valence-electron chi connectivity index (χ4n) is 12.2. The van der Waals surface area contributed by atoms with Gasteiger partial charge in [-0.05, 0) is 220 Å². The number of benzene rings is 9. The fraction of sp³-hybridized carbons (Fsp3) is 0.155. The lowest BCUT2D eigenvalue weighted by molar-refractivity contribution is 0.547. The zero-order valence-corrected chi connectivity index (χ0v) is 43.3. The van der Waals surface area contributed by atoms with Crippen molar-refractivity contribution in [3.8, 4) is 33.4 Å². The average molecular weight is 943 g/mol. The first kappa shape index (κ1) is 45.9. The lowest BCUT2D eigenvalue weighted by atomic mass is 9.66. The summed E-state index contributed by atoms with van der Waals surface area (Å²) in [6, 6.07) is 71.2. The first-order valence-corrected chi connectivity index (χ1v) is 26.1. The molecule has 0 saturated carbocycles. The predicted molar refractivity (Wildman–Crippen MR) is 311 cm³/mol. The molecule has 73 heavy (non-hydrogen) atoms. The van der Waals surface area contributed by atoms with Crippen molar-refractivity contribution in [1.82, 2.24) is 0 Å². The van der Waals surface area contributed by atoms with E-state index in [1.54, 1.807) is 0 Å². The van der Waals surface area contributed by atoms with Crippen LogP contribution in [0, 0.1) is 53.4 Å². The molecule has 0 bridgehead atoms. The second-order valence-corrected chi connectivity index (χ2v) is 21.0. The van der Waals surface area contributed by atoms with E-state index in [1.807, 2.05) is 0 Å². The van der Waals surface area contributed by atoms with Crippen LogP contribution in [0.15, 0.2) is 212 Å². The first-order chi connectivity index (χ1) is 35.5. The molecule has 2 unspecified atom stereocenters. The molecule has 12 rings (SSSR count). The van der Waals surface area contributed by atoms with Gasteiger partial charge in [0.2, 0.25) is 0 Å². The maximum Gasteiger partial charge on any atom is 0.0726 e. The molecular weight excluding hydrogens is 881 g/mol. The summed E-state index contributed by atoms with van der Waals surface area (Å²) in [5, 5.41) is 0. The van der Waals surface area contributed by atoms with Gasteiger partial charge in [0.05, 0.1) is 5.41 Å². The lowest BCUT2D eigenvalue weighted by Crippen LogP contribution is -2.31. The fourth-order valence-corrected chi connectivity index (χ4v) is 12.2. The summed E-state index contributed by atoms with van der Waals surface area (Å²) < 4.78 is 0. The Labute approximate surface area is 433 Å². The van der Waals surface area contributed by atoms with Crippen LogP contribution in [0.1, 0.15) is 80.6 Å². The second-order valence-electron chi connectivity index (χ2n) is 21.0. The Morgan fingerprint density at radius 2 is 0.726 bits per heavy atom. The van der Waals surface area contributed by atoms with E-state index in [0.717, 1.165) is 28.4 Å². The summed E-state index contributed by atoms with van der Waals surface area (Å²) in [6.07, 6.45) is 11.9. The topological polar surface area (TPSA) is 6.48 Å². The van der Waals surface area contributed by atoms with Crippen LogP contribution in [0.3, 0.4) is 0 Å². The highest BCUT2D eigenvalue weighted by Crippen LogP contribution is 2.60. The number of allylic oxidation sites excluding steroid dienone is 3. The Hall–Kier alpha value is -8.20. The zero-order valence-electron chi connectivity index (χ0n) is 43.3. The minimum Gasteiger partial charge on any atom is -0.311 e. The molecular formula is C71H62N2. The third kappa shape index (κ3) is 7.62. The maximum absolute atomic E-state index is 2.52. The van der Waals surface area contributed by atoms with Crippen LogP contribution in [-0.4, -0.2) is 0 Å². The van der Waals surface area contributed by atoms with Gasteiger partial charge in [0.25, 0.3) is 0 Å². The smallest absolute Gasteiger partial charge is 0.0726 e. The molecule has 9 aromatic carbocycles. The van der Waals surface area contributed by atoms with E-state index in [4.69, 9.17) is 0 Å². The minimum absolute atomic E-state index is 0.381. The van der Waals surface area contributed by atoms with Crippen molar-refractivity contribution in [2.24, 2.45) is 11.8 Å². The number of hydrogen-bond donors (Lipinski definition) is 0. The lowest BCUT2D eigenvalue weighted by Gasteiger charge is -2.38. The van der Waals surface area contributed by atoms with Crippen molar-refractivity contribution in [3.63, 3.8) is 0 Å². The van der Waals surface area contributed by atoms with Gasteiger partial charge in [-0.15, -0.1) is 0 Å². The molecule has 2 nitrogen and oxygen atoms in total. The van der Waals surface area contributed by atoms with Crippen LogP contribution < -0.4 is 9.80 Å². The van der Waals surface area contributed by atoms with Crippen molar-refractivity contribution >= 4 is 40.6 Å². The van der Waals surface area contributed by atoms with Crippen LogP contribution in [-0.2, 0) is 5.41 Å². The number of rotatable bonds is 8. The van der Waals surface area contributed by atoms with E-state index < -0.39 is 5.41 Å². The molecule has 2 heteroatoms. The molecule has 0 N–H and O–H groups in total. The van der Waals surface area contributed by atoms with Crippen molar-refractivity contribution in [2.45, 2.75) is 60.8 Å². The van der Waals surface area contributed by atoms with Crippen molar-refractivity contribution in [2.75, 3.05) is 9.80 Å². The van der Waals surface area contributed by atoms with Crippen molar-refractivity contribution in [3.05, 3.63) is 279 Å². The van der Waals surface area contributed by atoms with Gasteiger partial charge in [0.15, 0.2) is 0 Å². The number of nitrogens with zero attached hydrogens (tertiary/aromatic N) is 2. The molecule has 9 aromatic rings. The number of anilines is 5. The number of aryl methyl sites for hydroxylation is 6. The molecule has 356 valence electrons. The standard InChI is InChI=1S/C71H62N2/c1-45-25-31-55(39-49(45)5)72(57-35-37-63(51(7)41-57)61-19-11-9-17-47(61)3)59-33-29-53-27-28-54-30-34-60(44-70(54)71(69(53)43-59)67-23-15-13-21-65(67)66-22-14-16-24-68(66)71)73(56-32-26-46(2)50(6)40-56)58-36-38-64(52(8)42-58)62-20-12-10-18-48(62)4/h9-45,49H,1-8H3. The van der Waals surface area contributed by atoms with Crippen molar-refractivity contribution < 1.29 is 0 Å². The van der Waals surface area contributed by atoms with Crippen LogP contribution >= 0.6 is 0 Å². The third-order valence-electron chi connectivity index (χ3n) is 16.4. The van der Waals surface area contributed by atoms with Gasteiger partial charge in [0.1, 0.15) is 0 Å². The zero-order chi connectivity index (χ0) is 50.1. The predicted octanol–water partition coefficient (Wildman–Crippen LogP) is 19.1. The van der Waals surface area contributed by atoms with E-state index in [1.165, 1.54) is 106 Å². The summed E-state index contributed by atoms with van der Waals surface area (Å²) in [5.74, 6) is 0.832. The van der Waals surface area contributed by atoms with E-state index in [-0.39, 0.29) is 0 Å². The van der Waals surface area contributed by atoms with Gasteiger partial charge in [0, 0.05) is 34.1 Å². The Morgan fingerprint density at radius 1 is 0.315 bits per heavy atom. The summed E-state index contributed by atoms with van der Waals surface area (Å²) in [6.45, 7) is 18.0. The Kier molecular flexibility index (Phi) is 11.4. The monoisotopic (exact) mass is 942 g/mol. The molecule has 0 aromatic heterocycles. The Bertz CT molecular complexity index is 3720. The summed E-state index contributed by atoms with van der Waals surface area (Å²) in [5.41, 5.74) is 29.0. The van der Waals surface area contributed by atoms with Gasteiger partial charge < -0.3 is 9.80 Å². The van der Waals surface area contributed by atoms with Crippen molar-refractivity contribution in [1.29, 1.82) is 0 Å². The van der Waals surface area contributed by atoms with E-state index in [2.05, 4.69) is 284 Å². The highest BCUT2D eigenvalue weighted by atomic mass is 15.2. The van der Waals surface area contributed by atoms with Gasteiger partial charge in [-0.1, -0.05) is 166 Å². The van der Waals surface area contributed by atoms with Gasteiger partial charge in [-0.3, -0.25) is 0 Å². The van der Waals surface area contributed by atoms with E-state index in [9.17, 15) is 0 Å². The second kappa shape index (κ2) is 18.1. The minimum atomic E-state index is -0.665. The molecule has 1 spiro atoms. The molecule has 0 radical (unpaired) electrons. The molecule has 0 heterocycles. The molecule has 0 aliphatic heterocycles. The quantitative estimate of drug-likeness (QED) is 0.150. The van der Waals surface area contributed by atoms with Gasteiger partial charge >= 0.3 is 0 Å². The Morgan fingerprint density at radius 3 is 1.22 bits per heavy atom. The summed E-state index contributed by atoms with van der Waals surface area (Å²) in [7, 11) is 0. The maximum atomic E-state index is 2.52. The van der Waals surface area contributed by atoms with E-state index >= 15 is 0 Å².